The molecule has 1 nitrogen and oxygen atoms in total. The van der Waals surface area contributed by atoms with Crippen molar-refractivity contribution in [2.45, 2.75) is 45.4 Å². The number of hydrogen-bond donors (Lipinski definition) is 0. The first-order valence-corrected chi connectivity index (χ1v) is 6.70. The highest BCUT2D eigenvalue weighted by Gasteiger charge is 2.12. The molecule has 1 aliphatic rings. The van der Waals surface area contributed by atoms with Crippen molar-refractivity contribution in [1.82, 2.24) is 0 Å². The number of benzene rings is 1. The van der Waals surface area contributed by atoms with Crippen molar-refractivity contribution >= 4 is 5.69 Å². The van der Waals surface area contributed by atoms with E-state index in [4.69, 9.17) is 0 Å². The average molecular weight is 217 g/mol. The van der Waals surface area contributed by atoms with Gasteiger partial charge in [-0.25, -0.2) is 0 Å². The van der Waals surface area contributed by atoms with Gasteiger partial charge in [0.1, 0.15) is 0 Å². The van der Waals surface area contributed by atoms with Crippen LogP contribution in [0.1, 0.15) is 51.0 Å². The zero-order chi connectivity index (χ0) is 11.4. The number of hydrogen-bond acceptors (Lipinski definition) is 1. The number of rotatable bonds is 4. The molecule has 0 unspecified atom stereocenters. The van der Waals surface area contributed by atoms with E-state index in [-0.39, 0.29) is 0 Å². The van der Waals surface area contributed by atoms with Crippen LogP contribution >= 0.6 is 0 Å². The van der Waals surface area contributed by atoms with E-state index in [2.05, 4.69) is 43.0 Å². The molecule has 0 saturated carbocycles. The molecular formula is C15H23N. The first-order valence-electron chi connectivity index (χ1n) is 6.70. The van der Waals surface area contributed by atoms with Gasteiger partial charge >= 0.3 is 0 Å². The largest absolute Gasteiger partial charge is 0.372 e. The predicted octanol–water partition coefficient (Wildman–Crippen LogP) is 4.19. The zero-order valence-corrected chi connectivity index (χ0v) is 10.6. The minimum absolute atomic E-state index is 0.743. The molecule has 1 aromatic carbocycles. The van der Waals surface area contributed by atoms with Gasteiger partial charge in [0.15, 0.2) is 0 Å². The van der Waals surface area contributed by atoms with E-state index in [1.807, 2.05) is 0 Å². The summed E-state index contributed by atoms with van der Waals surface area (Å²) in [4.78, 5) is 2.50. The van der Waals surface area contributed by atoms with Crippen LogP contribution in [-0.2, 0) is 0 Å². The Kier molecular flexibility index (Phi) is 3.87. The first-order chi connectivity index (χ1) is 7.85. The number of anilines is 1. The normalized spacial score (nSPS) is 16.1. The van der Waals surface area contributed by atoms with E-state index in [9.17, 15) is 0 Å². The fourth-order valence-electron chi connectivity index (χ4n) is 2.69. The molecule has 1 aromatic rings. The molecule has 0 bridgehead atoms. The van der Waals surface area contributed by atoms with E-state index in [0.717, 1.165) is 5.92 Å². The Morgan fingerprint density at radius 1 is 1.00 bits per heavy atom. The third-order valence-electron chi connectivity index (χ3n) is 3.82. The van der Waals surface area contributed by atoms with Crippen molar-refractivity contribution in [3.05, 3.63) is 29.8 Å². The van der Waals surface area contributed by atoms with E-state index in [0.29, 0.717) is 0 Å². The lowest BCUT2D eigenvalue weighted by Gasteiger charge is -2.19. The predicted molar refractivity (Wildman–Crippen MR) is 71.2 cm³/mol. The molecule has 88 valence electrons. The van der Waals surface area contributed by atoms with Crippen LogP contribution in [0.3, 0.4) is 0 Å². The molecule has 0 amide bonds. The fraction of sp³-hybridized carbons (Fsp3) is 0.600. The topological polar surface area (TPSA) is 3.24 Å². The SMILES string of the molecule is CCC(CC)c1ccc(N2CCCC2)cc1. The first kappa shape index (κ1) is 11.5. The molecule has 0 N–H and O–H groups in total. The Bertz CT molecular complexity index is 284. The molecule has 2 rings (SSSR count). The molecule has 16 heavy (non-hydrogen) atoms. The van der Waals surface area contributed by atoms with Gasteiger partial charge in [-0.3, -0.25) is 0 Å². The summed E-state index contributed by atoms with van der Waals surface area (Å²) in [7, 11) is 0. The summed E-state index contributed by atoms with van der Waals surface area (Å²) >= 11 is 0. The van der Waals surface area contributed by atoms with E-state index in [1.54, 1.807) is 0 Å². The number of nitrogens with zero attached hydrogens (tertiary/aromatic N) is 1. The third-order valence-corrected chi connectivity index (χ3v) is 3.82. The summed E-state index contributed by atoms with van der Waals surface area (Å²) in [6.07, 6.45) is 5.21. The Morgan fingerprint density at radius 3 is 2.06 bits per heavy atom. The van der Waals surface area contributed by atoms with Gasteiger partial charge in [-0.05, 0) is 49.3 Å². The molecule has 0 aromatic heterocycles. The van der Waals surface area contributed by atoms with Gasteiger partial charge in [0, 0.05) is 18.8 Å². The quantitative estimate of drug-likeness (QED) is 0.731. The van der Waals surface area contributed by atoms with Crippen LogP contribution in [0.5, 0.6) is 0 Å². The lowest BCUT2D eigenvalue weighted by molar-refractivity contribution is 0.642. The van der Waals surface area contributed by atoms with Gasteiger partial charge in [0.2, 0.25) is 0 Å². The molecule has 1 saturated heterocycles. The highest BCUT2D eigenvalue weighted by molar-refractivity contribution is 5.48. The summed E-state index contributed by atoms with van der Waals surface area (Å²) < 4.78 is 0. The zero-order valence-electron chi connectivity index (χ0n) is 10.6. The Labute approximate surface area is 99.5 Å². The molecule has 1 heterocycles. The van der Waals surface area contributed by atoms with Crippen LogP contribution in [-0.4, -0.2) is 13.1 Å². The molecule has 1 fully saturated rings. The van der Waals surface area contributed by atoms with Gasteiger partial charge in [-0.1, -0.05) is 26.0 Å². The van der Waals surface area contributed by atoms with Gasteiger partial charge in [-0.15, -0.1) is 0 Å². The average Bonchev–Trinajstić information content (AvgIpc) is 2.85. The van der Waals surface area contributed by atoms with Crippen molar-refractivity contribution in [2.75, 3.05) is 18.0 Å². The highest BCUT2D eigenvalue weighted by Crippen LogP contribution is 2.26. The van der Waals surface area contributed by atoms with Gasteiger partial charge in [0.25, 0.3) is 0 Å². The molecule has 0 atom stereocenters. The van der Waals surface area contributed by atoms with Crippen LogP contribution in [0.4, 0.5) is 5.69 Å². The Balaban J connectivity index is 2.09. The third kappa shape index (κ3) is 2.40. The van der Waals surface area contributed by atoms with Crippen LogP contribution in [0, 0.1) is 0 Å². The van der Waals surface area contributed by atoms with E-state index >= 15 is 0 Å². The highest BCUT2D eigenvalue weighted by atomic mass is 15.1. The Hall–Kier alpha value is -0.980. The van der Waals surface area contributed by atoms with Crippen molar-refractivity contribution in [3.63, 3.8) is 0 Å². The van der Waals surface area contributed by atoms with Crippen LogP contribution < -0.4 is 4.90 Å². The maximum atomic E-state index is 2.50. The van der Waals surface area contributed by atoms with Crippen LogP contribution in [0.15, 0.2) is 24.3 Å². The summed E-state index contributed by atoms with van der Waals surface area (Å²) in [5.41, 5.74) is 2.92. The molecule has 1 aliphatic heterocycles. The summed E-state index contributed by atoms with van der Waals surface area (Å²) in [6, 6.07) is 9.26. The second kappa shape index (κ2) is 5.38. The van der Waals surface area contributed by atoms with Crippen LogP contribution in [0.2, 0.25) is 0 Å². The summed E-state index contributed by atoms with van der Waals surface area (Å²) in [6.45, 7) is 7.04. The maximum Gasteiger partial charge on any atom is 0.0366 e. The van der Waals surface area contributed by atoms with Crippen molar-refractivity contribution in [1.29, 1.82) is 0 Å². The van der Waals surface area contributed by atoms with Crippen molar-refractivity contribution in [2.24, 2.45) is 0 Å². The Morgan fingerprint density at radius 2 is 1.56 bits per heavy atom. The van der Waals surface area contributed by atoms with Crippen molar-refractivity contribution < 1.29 is 0 Å². The van der Waals surface area contributed by atoms with Gasteiger partial charge in [0.05, 0.1) is 0 Å². The standard InChI is InChI=1S/C15H23N/c1-3-13(4-2)14-7-9-15(10-8-14)16-11-5-6-12-16/h7-10,13H,3-6,11-12H2,1-2H3. The second-order valence-electron chi connectivity index (χ2n) is 4.80. The lowest BCUT2D eigenvalue weighted by atomic mass is 9.94. The molecular weight excluding hydrogens is 194 g/mol. The minimum Gasteiger partial charge on any atom is -0.372 e. The summed E-state index contributed by atoms with van der Waals surface area (Å²) in [5.74, 6) is 0.743. The van der Waals surface area contributed by atoms with E-state index < -0.39 is 0 Å². The monoisotopic (exact) mass is 217 g/mol. The fourth-order valence-corrected chi connectivity index (χ4v) is 2.69. The maximum absolute atomic E-state index is 2.50. The second-order valence-corrected chi connectivity index (χ2v) is 4.80. The van der Waals surface area contributed by atoms with Gasteiger partial charge < -0.3 is 4.90 Å². The van der Waals surface area contributed by atoms with Crippen LogP contribution in [0.25, 0.3) is 0 Å². The van der Waals surface area contributed by atoms with E-state index in [1.165, 1.54) is 50.0 Å². The summed E-state index contributed by atoms with van der Waals surface area (Å²) in [5, 5.41) is 0. The minimum atomic E-state index is 0.743. The van der Waals surface area contributed by atoms with Gasteiger partial charge in [-0.2, -0.15) is 0 Å². The molecule has 0 radical (unpaired) electrons. The van der Waals surface area contributed by atoms with Crippen molar-refractivity contribution in [3.8, 4) is 0 Å². The molecule has 0 spiro atoms. The lowest BCUT2D eigenvalue weighted by Crippen LogP contribution is -2.17. The smallest absolute Gasteiger partial charge is 0.0366 e. The molecule has 1 heteroatoms. The molecule has 0 aliphatic carbocycles.